The Morgan fingerprint density at radius 3 is 2.36 bits per heavy atom. The van der Waals surface area contributed by atoms with Crippen LogP contribution in [0.2, 0.25) is 0 Å². The van der Waals surface area contributed by atoms with E-state index in [0.717, 1.165) is 26.1 Å². The Hall–Kier alpha value is -0.570. The SMILES string of the molecule is CCCN1CCN(C(C)(C)C)C(=O)C1. The van der Waals surface area contributed by atoms with Crippen LogP contribution in [-0.2, 0) is 4.79 Å². The van der Waals surface area contributed by atoms with Gasteiger partial charge < -0.3 is 4.90 Å². The lowest BCUT2D eigenvalue weighted by molar-refractivity contribution is -0.141. The molecule has 1 aliphatic rings. The zero-order valence-corrected chi connectivity index (χ0v) is 9.84. The van der Waals surface area contributed by atoms with Crippen molar-refractivity contribution in [1.29, 1.82) is 0 Å². The molecule has 0 aromatic heterocycles. The van der Waals surface area contributed by atoms with Crippen molar-refractivity contribution in [3.8, 4) is 0 Å². The van der Waals surface area contributed by atoms with Crippen molar-refractivity contribution in [3.05, 3.63) is 0 Å². The van der Waals surface area contributed by atoms with Crippen LogP contribution in [-0.4, -0.2) is 47.4 Å². The molecular formula is C11H22N2O. The monoisotopic (exact) mass is 198 g/mol. The Bertz CT molecular complexity index is 208. The molecule has 3 nitrogen and oxygen atoms in total. The lowest BCUT2D eigenvalue weighted by Crippen LogP contribution is -2.56. The van der Waals surface area contributed by atoms with E-state index in [1.54, 1.807) is 0 Å². The minimum atomic E-state index is -0.0185. The quantitative estimate of drug-likeness (QED) is 0.668. The Kier molecular flexibility index (Phi) is 3.53. The molecule has 1 rings (SSSR count). The Morgan fingerprint density at radius 2 is 1.93 bits per heavy atom. The van der Waals surface area contributed by atoms with Crippen LogP contribution in [0.25, 0.3) is 0 Å². The lowest BCUT2D eigenvalue weighted by Gasteiger charge is -2.42. The van der Waals surface area contributed by atoms with E-state index in [2.05, 4.69) is 32.6 Å². The van der Waals surface area contributed by atoms with Crippen LogP contribution >= 0.6 is 0 Å². The average molecular weight is 198 g/mol. The molecule has 0 unspecified atom stereocenters. The molecule has 14 heavy (non-hydrogen) atoms. The summed E-state index contributed by atoms with van der Waals surface area (Å²) in [5.74, 6) is 0.275. The third kappa shape index (κ3) is 2.71. The van der Waals surface area contributed by atoms with Gasteiger partial charge in [-0.25, -0.2) is 0 Å². The minimum absolute atomic E-state index is 0.0185. The highest BCUT2D eigenvalue weighted by atomic mass is 16.2. The predicted molar refractivity (Wildman–Crippen MR) is 58.2 cm³/mol. The smallest absolute Gasteiger partial charge is 0.237 e. The molecule has 0 saturated carbocycles. The number of nitrogens with zero attached hydrogens (tertiary/aromatic N) is 2. The molecule has 0 N–H and O–H groups in total. The number of carbonyl (C=O) groups excluding carboxylic acids is 1. The van der Waals surface area contributed by atoms with Crippen LogP contribution in [0.5, 0.6) is 0 Å². The molecule has 0 spiro atoms. The van der Waals surface area contributed by atoms with E-state index in [1.165, 1.54) is 0 Å². The molecule has 1 heterocycles. The van der Waals surface area contributed by atoms with Gasteiger partial charge in [0.15, 0.2) is 0 Å². The summed E-state index contributed by atoms with van der Waals surface area (Å²) < 4.78 is 0. The van der Waals surface area contributed by atoms with Gasteiger partial charge in [-0.15, -0.1) is 0 Å². The number of piperazine rings is 1. The number of rotatable bonds is 2. The van der Waals surface area contributed by atoms with Crippen molar-refractivity contribution in [1.82, 2.24) is 9.80 Å². The molecule has 0 aromatic carbocycles. The van der Waals surface area contributed by atoms with Crippen LogP contribution < -0.4 is 0 Å². The minimum Gasteiger partial charge on any atom is -0.335 e. The van der Waals surface area contributed by atoms with Crippen molar-refractivity contribution >= 4 is 5.91 Å². The first kappa shape index (κ1) is 11.5. The molecule has 1 saturated heterocycles. The number of amides is 1. The summed E-state index contributed by atoms with van der Waals surface area (Å²) in [5.41, 5.74) is -0.0185. The van der Waals surface area contributed by atoms with Gasteiger partial charge in [0, 0.05) is 18.6 Å². The van der Waals surface area contributed by atoms with Gasteiger partial charge in [-0.05, 0) is 33.7 Å². The molecule has 1 aliphatic heterocycles. The number of hydrogen-bond donors (Lipinski definition) is 0. The van der Waals surface area contributed by atoms with Gasteiger partial charge in [0.05, 0.1) is 6.54 Å². The second-order valence-electron chi connectivity index (χ2n) is 4.99. The summed E-state index contributed by atoms with van der Waals surface area (Å²) >= 11 is 0. The van der Waals surface area contributed by atoms with E-state index < -0.39 is 0 Å². The number of hydrogen-bond acceptors (Lipinski definition) is 2. The Labute approximate surface area is 87.1 Å². The molecule has 1 fully saturated rings. The van der Waals surface area contributed by atoms with Crippen molar-refractivity contribution in [3.63, 3.8) is 0 Å². The van der Waals surface area contributed by atoms with Crippen molar-refractivity contribution < 1.29 is 4.79 Å². The third-order valence-corrected chi connectivity index (χ3v) is 2.65. The fourth-order valence-electron chi connectivity index (χ4n) is 1.94. The maximum atomic E-state index is 11.8. The van der Waals surface area contributed by atoms with Crippen LogP contribution in [0.3, 0.4) is 0 Å². The number of carbonyl (C=O) groups is 1. The average Bonchev–Trinajstić information content (AvgIpc) is 2.02. The first-order valence-corrected chi connectivity index (χ1v) is 5.48. The van der Waals surface area contributed by atoms with Crippen molar-refractivity contribution in [2.75, 3.05) is 26.2 Å². The molecular weight excluding hydrogens is 176 g/mol. The van der Waals surface area contributed by atoms with E-state index in [4.69, 9.17) is 0 Å². The molecule has 1 amide bonds. The Morgan fingerprint density at radius 1 is 1.29 bits per heavy atom. The maximum Gasteiger partial charge on any atom is 0.237 e. The van der Waals surface area contributed by atoms with Gasteiger partial charge >= 0.3 is 0 Å². The van der Waals surface area contributed by atoms with Gasteiger partial charge in [-0.3, -0.25) is 9.69 Å². The summed E-state index contributed by atoms with van der Waals surface area (Å²) in [5, 5.41) is 0. The summed E-state index contributed by atoms with van der Waals surface area (Å²) in [4.78, 5) is 16.0. The molecule has 0 aliphatic carbocycles. The van der Waals surface area contributed by atoms with Gasteiger partial charge in [-0.2, -0.15) is 0 Å². The highest BCUT2D eigenvalue weighted by Gasteiger charge is 2.30. The highest BCUT2D eigenvalue weighted by Crippen LogP contribution is 2.16. The zero-order valence-electron chi connectivity index (χ0n) is 9.84. The second-order valence-corrected chi connectivity index (χ2v) is 4.99. The fraction of sp³-hybridized carbons (Fsp3) is 0.909. The molecule has 82 valence electrons. The van der Waals surface area contributed by atoms with Crippen molar-refractivity contribution in [2.24, 2.45) is 0 Å². The lowest BCUT2D eigenvalue weighted by atomic mass is 10.0. The molecule has 0 aromatic rings. The third-order valence-electron chi connectivity index (χ3n) is 2.65. The largest absolute Gasteiger partial charge is 0.335 e. The van der Waals surface area contributed by atoms with E-state index in [9.17, 15) is 4.79 Å². The van der Waals surface area contributed by atoms with E-state index in [-0.39, 0.29) is 11.4 Å². The van der Waals surface area contributed by atoms with Gasteiger partial charge in [0.1, 0.15) is 0 Å². The maximum absolute atomic E-state index is 11.8. The molecule has 3 heteroatoms. The van der Waals surface area contributed by atoms with E-state index >= 15 is 0 Å². The molecule has 0 bridgehead atoms. The topological polar surface area (TPSA) is 23.6 Å². The summed E-state index contributed by atoms with van der Waals surface area (Å²) in [6, 6.07) is 0. The Balaban J connectivity index is 2.52. The van der Waals surface area contributed by atoms with Crippen LogP contribution in [0.15, 0.2) is 0 Å². The second kappa shape index (κ2) is 4.30. The molecule has 0 atom stereocenters. The standard InChI is InChI=1S/C11H22N2O/c1-5-6-12-7-8-13(10(14)9-12)11(2,3)4/h5-9H2,1-4H3. The van der Waals surface area contributed by atoms with Gasteiger partial charge in [0.2, 0.25) is 5.91 Å². The van der Waals surface area contributed by atoms with Crippen LogP contribution in [0, 0.1) is 0 Å². The van der Waals surface area contributed by atoms with E-state index in [0.29, 0.717) is 6.54 Å². The van der Waals surface area contributed by atoms with Gasteiger partial charge in [-0.1, -0.05) is 6.92 Å². The summed E-state index contributed by atoms with van der Waals surface area (Å²) in [6.45, 7) is 12.0. The van der Waals surface area contributed by atoms with Crippen LogP contribution in [0.4, 0.5) is 0 Å². The first-order chi connectivity index (χ1) is 6.45. The highest BCUT2D eigenvalue weighted by molar-refractivity contribution is 5.79. The fourth-order valence-corrected chi connectivity index (χ4v) is 1.94. The normalized spacial score (nSPS) is 20.3. The summed E-state index contributed by atoms with van der Waals surface area (Å²) in [6.07, 6.45) is 1.13. The predicted octanol–water partition coefficient (Wildman–Crippen LogP) is 1.34. The van der Waals surface area contributed by atoms with Crippen molar-refractivity contribution in [2.45, 2.75) is 39.7 Å². The summed E-state index contributed by atoms with van der Waals surface area (Å²) in [7, 11) is 0. The molecule has 0 radical (unpaired) electrons. The van der Waals surface area contributed by atoms with Gasteiger partial charge in [0.25, 0.3) is 0 Å². The zero-order chi connectivity index (χ0) is 10.8. The van der Waals surface area contributed by atoms with Crippen LogP contribution in [0.1, 0.15) is 34.1 Å². The first-order valence-electron chi connectivity index (χ1n) is 5.48. The van der Waals surface area contributed by atoms with E-state index in [1.807, 2.05) is 4.90 Å².